The van der Waals surface area contributed by atoms with E-state index < -0.39 is 0 Å². The molecule has 0 fully saturated rings. The number of fused-ring (bicyclic) bond motifs is 14. The molecule has 312 valence electrons. The maximum absolute atomic E-state index is 2.58. The van der Waals surface area contributed by atoms with Crippen LogP contribution in [-0.2, 0) is 0 Å². The molecule has 15 rings (SSSR count). The average molecular weight is 871 g/mol. The zero-order valence-corrected chi connectivity index (χ0v) is 37.0. The molecule has 10 aromatic carbocycles. The molecule has 4 nitrogen and oxygen atoms in total. The molecule has 15 aromatic rings. The van der Waals surface area contributed by atoms with Gasteiger partial charge in [0.2, 0.25) is 0 Å². The smallest absolute Gasteiger partial charge is 0.131 e. The fraction of sp³-hybridized carbons (Fsp3) is 0. The highest BCUT2D eigenvalue weighted by Crippen LogP contribution is 2.48. The van der Waals surface area contributed by atoms with Crippen molar-refractivity contribution in [2.24, 2.45) is 0 Å². The van der Waals surface area contributed by atoms with Crippen molar-refractivity contribution < 1.29 is 0 Å². The van der Waals surface area contributed by atoms with E-state index in [4.69, 9.17) is 0 Å². The van der Waals surface area contributed by atoms with E-state index in [1.54, 1.807) is 0 Å². The van der Waals surface area contributed by atoms with Crippen molar-refractivity contribution in [2.45, 2.75) is 0 Å². The van der Waals surface area contributed by atoms with Gasteiger partial charge in [-0.05, 0) is 102 Å². The molecule has 0 aliphatic heterocycles. The summed E-state index contributed by atoms with van der Waals surface area (Å²) in [5, 5.41) is 11.2. The third-order valence-electron chi connectivity index (χ3n) is 14.1. The standard InChI is InChI=1S/C62H38N4S/c1-3-18-40(19-4-1)63-48-27-11-8-23-44(48)60-52(63)30-16-32-54(60)65-50-29-13-7-22-43(50)59-47-38-39(42-26-15-35-57-58(42)46-25-10-14-34-56(46)67-57)36-37-51(47)66(62(59)65)55-33-17-31-53-61(55)45-24-9-12-28-49(45)64(53)41-20-5-2-6-21-41/h1-38H. The van der Waals surface area contributed by atoms with Crippen molar-refractivity contribution in [2.75, 3.05) is 0 Å². The fourth-order valence-electron chi connectivity index (χ4n) is 11.5. The average Bonchev–Trinajstić information content (AvgIpc) is 4.19. The Balaban J connectivity index is 1.13. The Morgan fingerprint density at radius 1 is 0.269 bits per heavy atom. The van der Waals surface area contributed by atoms with E-state index in [1.807, 2.05) is 11.3 Å². The monoisotopic (exact) mass is 870 g/mol. The number of benzene rings is 10. The molecule has 0 unspecified atom stereocenters. The van der Waals surface area contributed by atoms with Crippen molar-refractivity contribution >= 4 is 108 Å². The first-order chi connectivity index (χ1) is 33.3. The predicted molar refractivity (Wildman–Crippen MR) is 285 cm³/mol. The van der Waals surface area contributed by atoms with Gasteiger partial charge in [-0.3, -0.25) is 9.13 Å². The van der Waals surface area contributed by atoms with Gasteiger partial charge >= 0.3 is 0 Å². The summed E-state index contributed by atoms with van der Waals surface area (Å²) in [6.45, 7) is 0. The van der Waals surface area contributed by atoms with Crippen LogP contribution in [-0.4, -0.2) is 18.3 Å². The fourth-order valence-corrected chi connectivity index (χ4v) is 12.6. The van der Waals surface area contributed by atoms with Gasteiger partial charge < -0.3 is 9.13 Å². The highest BCUT2D eigenvalue weighted by Gasteiger charge is 2.27. The lowest BCUT2D eigenvalue weighted by atomic mass is 9.98. The molecule has 0 radical (unpaired) electrons. The Morgan fingerprint density at radius 2 is 0.716 bits per heavy atom. The maximum atomic E-state index is 2.58. The summed E-state index contributed by atoms with van der Waals surface area (Å²) in [4.78, 5) is 0. The zero-order chi connectivity index (χ0) is 43.7. The third-order valence-corrected chi connectivity index (χ3v) is 15.3. The van der Waals surface area contributed by atoms with Crippen LogP contribution in [0.5, 0.6) is 0 Å². The highest BCUT2D eigenvalue weighted by molar-refractivity contribution is 7.25. The van der Waals surface area contributed by atoms with Crippen molar-refractivity contribution in [1.29, 1.82) is 0 Å². The van der Waals surface area contributed by atoms with Gasteiger partial charge in [0, 0.05) is 69.3 Å². The van der Waals surface area contributed by atoms with Crippen LogP contribution < -0.4 is 0 Å². The van der Waals surface area contributed by atoms with Crippen LogP contribution >= 0.6 is 11.3 Å². The van der Waals surface area contributed by atoms with E-state index in [-0.39, 0.29) is 0 Å². The van der Waals surface area contributed by atoms with Crippen LogP contribution in [0.3, 0.4) is 0 Å². The number of hydrogen-bond acceptors (Lipinski definition) is 1. The molecule has 5 heteroatoms. The van der Waals surface area contributed by atoms with Crippen molar-refractivity contribution in [1.82, 2.24) is 18.3 Å². The van der Waals surface area contributed by atoms with Crippen molar-refractivity contribution in [3.63, 3.8) is 0 Å². The molecule has 0 spiro atoms. The lowest BCUT2D eigenvalue weighted by Crippen LogP contribution is -2.03. The molecule has 5 heterocycles. The Labute approximate surface area is 388 Å². The quantitative estimate of drug-likeness (QED) is 0.164. The Morgan fingerprint density at radius 3 is 1.31 bits per heavy atom. The van der Waals surface area contributed by atoms with Gasteiger partial charge in [0.15, 0.2) is 0 Å². The number of nitrogens with zero attached hydrogens (tertiary/aromatic N) is 4. The van der Waals surface area contributed by atoms with Gasteiger partial charge in [0.1, 0.15) is 5.65 Å². The summed E-state index contributed by atoms with van der Waals surface area (Å²) in [6.07, 6.45) is 0. The minimum Gasteiger partial charge on any atom is -0.309 e. The predicted octanol–water partition coefficient (Wildman–Crippen LogP) is 17.0. The Hall–Kier alpha value is -8.64. The van der Waals surface area contributed by atoms with Crippen LogP contribution in [0.1, 0.15) is 0 Å². The molecule has 0 saturated heterocycles. The van der Waals surface area contributed by atoms with Crippen LogP contribution in [0.15, 0.2) is 231 Å². The topological polar surface area (TPSA) is 19.7 Å². The molecular weight excluding hydrogens is 833 g/mol. The molecule has 0 aliphatic carbocycles. The van der Waals surface area contributed by atoms with E-state index in [9.17, 15) is 0 Å². The first-order valence-corrected chi connectivity index (χ1v) is 23.8. The molecule has 0 bridgehead atoms. The van der Waals surface area contributed by atoms with E-state index in [0.29, 0.717) is 0 Å². The van der Waals surface area contributed by atoms with Gasteiger partial charge in [0.25, 0.3) is 0 Å². The van der Waals surface area contributed by atoms with E-state index >= 15 is 0 Å². The number of aromatic nitrogens is 4. The van der Waals surface area contributed by atoms with Crippen LogP contribution in [0.4, 0.5) is 0 Å². The Kier molecular flexibility index (Phi) is 7.63. The van der Waals surface area contributed by atoms with Crippen LogP contribution in [0.25, 0.3) is 130 Å². The minimum absolute atomic E-state index is 1.14. The Bertz CT molecular complexity index is 4500. The summed E-state index contributed by atoms with van der Waals surface area (Å²) >= 11 is 1.87. The SMILES string of the molecule is c1ccc(-n2c3ccccc3c3c(-n4c5ccccc5c5c6cc(-c7cccc8sc9ccccc9c78)ccc6n(-c6cccc7c6c6ccccc6n7-c6ccccc6)c54)cccc32)cc1. The molecule has 0 atom stereocenters. The third kappa shape index (κ3) is 5.06. The largest absolute Gasteiger partial charge is 0.309 e. The number of rotatable bonds is 5. The summed E-state index contributed by atoms with van der Waals surface area (Å²) in [7, 11) is 0. The van der Waals surface area contributed by atoms with E-state index in [1.165, 1.54) is 102 Å². The molecule has 5 aromatic heterocycles. The molecule has 0 aliphatic rings. The van der Waals surface area contributed by atoms with Gasteiger partial charge in [-0.15, -0.1) is 11.3 Å². The lowest BCUT2D eigenvalue weighted by molar-refractivity contribution is 1.08. The van der Waals surface area contributed by atoms with E-state index in [2.05, 4.69) is 249 Å². The van der Waals surface area contributed by atoms with Crippen LogP contribution in [0, 0.1) is 0 Å². The summed E-state index contributed by atoms with van der Waals surface area (Å²) in [5.74, 6) is 0. The molecule has 0 saturated carbocycles. The second-order valence-electron chi connectivity index (χ2n) is 17.6. The van der Waals surface area contributed by atoms with Crippen LogP contribution in [0.2, 0.25) is 0 Å². The van der Waals surface area contributed by atoms with Gasteiger partial charge in [-0.2, -0.15) is 0 Å². The van der Waals surface area contributed by atoms with E-state index in [0.717, 1.165) is 28.4 Å². The lowest BCUT2D eigenvalue weighted by Gasteiger charge is -2.16. The van der Waals surface area contributed by atoms with Crippen molar-refractivity contribution in [3.05, 3.63) is 231 Å². The molecular formula is C62H38N4S. The number of hydrogen-bond donors (Lipinski definition) is 0. The summed E-state index contributed by atoms with van der Waals surface area (Å²) < 4.78 is 12.6. The van der Waals surface area contributed by atoms with Crippen molar-refractivity contribution in [3.8, 4) is 33.9 Å². The summed E-state index contributed by atoms with van der Waals surface area (Å²) in [5.41, 5.74) is 15.2. The first kappa shape index (κ1) is 36.7. The summed E-state index contributed by atoms with van der Waals surface area (Å²) in [6, 6.07) is 84.9. The molecule has 67 heavy (non-hydrogen) atoms. The number of para-hydroxylation sites is 5. The van der Waals surface area contributed by atoms with Gasteiger partial charge in [-0.1, -0.05) is 140 Å². The normalized spacial score (nSPS) is 12.2. The second kappa shape index (κ2) is 13.9. The first-order valence-electron chi connectivity index (χ1n) is 22.9. The van der Waals surface area contributed by atoms with Gasteiger partial charge in [0.05, 0.1) is 44.5 Å². The maximum Gasteiger partial charge on any atom is 0.131 e. The second-order valence-corrected chi connectivity index (χ2v) is 18.7. The molecule has 0 amide bonds. The highest BCUT2D eigenvalue weighted by atomic mass is 32.1. The number of thiophene rings is 1. The zero-order valence-electron chi connectivity index (χ0n) is 36.1. The minimum atomic E-state index is 1.14. The molecule has 0 N–H and O–H groups in total. The van der Waals surface area contributed by atoms with Gasteiger partial charge in [-0.25, -0.2) is 0 Å².